The van der Waals surface area contributed by atoms with Gasteiger partial charge in [-0.2, -0.15) is 4.98 Å². The van der Waals surface area contributed by atoms with Crippen LogP contribution in [0.1, 0.15) is 0 Å². The Balaban J connectivity index is 0.00000220. The number of hydrogen-bond acceptors (Lipinski definition) is 6. The molecular weight excluding hydrogens is 297 g/mol. The summed E-state index contributed by atoms with van der Waals surface area (Å²) in [6.07, 6.45) is 1.03. The van der Waals surface area contributed by atoms with Crippen molar-refractivity contribution in [2.24, 2.45) is 0 Å². The fourth-order valence-electron chi connectivity index (χ4n) is 1.50. The molecule has 0 atom stereocenters. The van der Waals surface area contributed by atoms with Gasteiger partial charge in [0.15, 0.2) is 11.6 Å². The van der Waals surface area contributed by atoms with Gasteiger partial charge in [-0.05, 0) is 19.2 Å². The Morgan fingerprint density at radius 1 is 1.38 bits per heavy atom. The summed E-state index contributed by atoms with van der Waals surface area (Å²) >= 11 is 0. The normalized spacial score (nSPS) is 9.81. The number of nitrogens with one attached hydrogen (secondary N) is 2. The molecule has 1 aromatic carbocycles. The summed E-state index contributed by atoms with van der Waals surface area (Å²) in [4.78, 5) is 7.61. The van der Waals surface area contributed by atoms with Crippen LogP contribution in [0.4, 0.5) is 21.8 Å². The maximum atomic E-state index is 13.0. The van der Waals surface area contributed by atoms with Crippen LogP contribution >= 0.6 is 12.4 Å². The van der Waals surface area contributed by atoms with Crippen molar-refractivity contribution in [2.75, 3.05) is 31.2 Å². The molecule has 0 aliphatic heterocycles. The zero-order chi connectivity index (χ0) is 14.4. The van der Waals surface area contributed by atoms with Gasteiger partial charge in [-0.15, -0.1) is 12.4 Å². The number of aromatic nitrogens is 2. The van der Waals surface area contributed by atoms with Gasteiger partial charge in [0, 0.05) is 18.3 Å². The first-order valence-corrected chi connectivity index (χ1v) is 6.11. The van der Waals surface area contributed by atoms with Crippen molar-refractivity contribution in [3.05, 3.63) is 36.3 Å². The minimum Gasteiger partial charge on any atom is -0.492 e. The van der Waals surface area contributed by atoms with Crippen LogP contribution < -0.4 is 21.1 Å². The van der Waals surface area contributed by atoms with Crippen molar-refractivity contribution in [1.82, 2.24) is 15.3 Å². The van der Waals surface area contributed by atoms with E-state index in [1.54, 1.807) is 6.07 Å². The Labute approximate surface area is 128 Å². The van der Waals surface area contributed by atoms with Crippen molar-refractivity contribution in [2.45, 2.75) is 0 Å². The number of ether oxygens (including phenoxy) is 1. The molecule has 8 heteroatoms. The average Bonchev–Trinajstić information content (AvgIpc) is 2.44. The number of hydrogen-bond donors (Lipinski definition) is 3. The maximum Gasteiger partial charge on any atom is 0.229 e. The smallest absolute Gasteiger partial charge is 0.229 e. The second-order valence-electron chi connectivity index (χ2n) is 4.03. The van der Waals surface area contributed by atoms with Gasteiger partial charge in [-0.3, -0.25) is 0 Å². The number of likely N-dealkylation sites (N-methyl/N-ethyl adjacent to an activating group) is 1. The minimum atomic E-state index is -0.639. The number of nitrogen functional groups attached to an aromatic ring is 1. The van der Waals surface area contributed by atoms with Gasteiger partial charge >= 0.3 is 0 Å². The van der Waals surface area contributed by atoms with E-state index in [2.05, 4.69) is 20.6 Å². The highest BCUT2D eigenvalue weighted by molar-refractivity contribution is 5.85. The van der Waals surface area contributed by atoms with Crippen molar-refractivity contribution < 1.29 is 9.13 Å². The van der Waals surface area contributed by atoms with Gasteiger partial charge in [0.05, 0.1) is 6.20 Å². The molecule has 0 radical (unpaired) electrons. The van der Waals surface area contributed by atoms with Crippen LogP contribution in [0.2, 0.25) is 0 Å². The number of benzene rings is 1. The standard InChI is InChI=1S/C13H16FN5O.ClH/c1-16-5-6-20-10-4-2-3-9(7-10)18-13-17-8-11(14)12(15)19-13;/h2-4,7-8,16H,5-6H2,1H3,(H3,15,17,18,19);1H. The highest BCUT2D eigenvalue weighted by atomic mass is 35.5. The lowest BCUT2D eigenvalue weighted by molar-refractivity contribution is 0.318. The molecule has 0 spiro atoms. The van der Waals surface area contributed by atoms with Gasteiger partial charge in [-0.25, -0.2) is 9.37 Å². The largest absolute Gasteiger partial charge is 0.492 e. The highest BCUT2D eigenvalue weighted by Gasteiger charge is 2.04. The molecule has 0 aliphatic rings. The van der Waals surface area contributed by atoms with Gasteiger partial charge in [0.1, 0.15) is 12.4 Å². The Morgan fingerprint density at radius 3 is 2.90 bits per heavy atom. The van der Waals surface area contributed by atoms with E-state index in [-0.39, 0.29) is 24.2 Å². The lowest BCUT2D eigenvalue weighted by Gasteiger charge is -2.09. The van der Waals surface area contributed by atoms with E-state index in [0.29, 0.717) is 6.61 Å². The lowest BCUT2D eigenvalue weighted by Crippen LogP contribution is -2.15. The Hall–Kier alpha value is -2.12. The molecule has 4 N–H and O–H groups in total. The van der Waals surface area contributed by atoms with E-state index in [0.717, 1.165) is 24.2 Å². The Kier molecular flexibility index (Phi) is 6.64. The Bertz CT molecular complexity index is 584. The fourth-order valence-corrected chi connectivity index (χ4v) is 1.50. The molecule has 6 nitrogen and oxygen atoms in total. The molecule has 1 heterocycles. The monoisotopic (exact) mass is 313 g/mol. The van der Waals surface area contributed by atoms with Gasteiger partial charge in [0.2, 0.25) is 5.95 Å². The molecular formula is C13H17ClFN5O. The highest BCUT2D eigenvalue weighted by Crippen LogP contribution is 2.20. The first kappa shape index (κ1) is 16.9. The number of anilines is 3. The summed E-state index contributed by atoms with van der Waals surface area (Å²) in [5, 5.41) is 5.93. The topological polar surface area (TPSA) is 85.1 Å². The predicted octanol–water partition coefficient (Wildman–Crippen LogP) is 1.96. The summed E-state index contributed by atoms with van der Waals surface area (Å²) in [6, 6.07) is 7.32. The van der Waals surface area contributed by atoms with Gasteiger partial charge < -0.3 is 21.1 Å². The number of nitrogens with two attached hydrogens (primary N) is 1. The third kappa shape index (κ3) is 5.05. The van der Waals surface area contributed by atoms with Crippen LogP contribution in [-0.2, 0) is 0 Å². The molecule has 21 heavy (non-hydrogen) atoms. The first-order valence-electron chi connectivity index (χ1n) is 6.11. The second kappa shape index (κ2) is 8.23. The Morgan fingerprint density at radius 2 is 2.19 bits per heavy atom. The van der Waals surface area contributed by atoms with Crippen molar-refractivity contribution in [1.29, 1.82) is 0 Å². The third-order valence-electron chi connectivity index (χ3n) is 2.48. The molecule has 0 saturated heterocycles. The first-order chi connectivity index (χ1) is 9.69. The number of rotatable bonds is 6. The molecule has 0 saturated carbocycles. The predicted molar refractivity (Wildman–Crippen MR) is 82.8 cm³/mol. The maximum absolute atomic E-state index is 13.0. The van der Waals surface area contributed by atoms with E-state index in [1.807, 2.05) is 25.2 Å². The van der Waals surface area contributed by atoms with E-state index >= 15 is 0 Å². The fraction of sp³-hybridized carbons (Fsp3) is 0.231. The van der Waals surface area contributed by atoms with Crippen molar-refractivity contribution in [3.63, 3.8) is 0 Å². The zero-order valence-corrected chi connectivity index (χ0v) is 12.3. The molecule has 0 bridgehead atoms. The number of nitrogens with zero attached hydrogens (tertiary/aromatic N) is 2. The summed E-state index contributed by atoms with van der Waals surface area (Å²) < 4.78 is 18.5. The summed E-state index contributed by atoms with van der Waals surface area (Å²) in [5.41, 5.74) is 6.12. The lowest BCUT2D eigenvalue weighted by atomic mass is 10.3. The van der Waals surface area contributed by atoms with Crippen LogP contribution in [0.3, 0.4) is 0 Å². The van der Waals surface area contributed by atoms with Crippen molar-refractivity contribution in [3.8, 4) is 5.75 Å². The van der Waals surface area contributed by atoms with E-state index in [1.165, 1.54) is 0 Å². The van der Waals surface area contributed by atoms with Crippen molar-refractivity contribution >= 4 is 29.9 Å². The zero-order valence-electron chi connectivity index (χ0n) is 11.5. The molecule has 0 amide bonds. The van der Waals surface area contributed by atoms with Crippen LogP contribution in [0.5, 0.6) is 5.75 Å². The molecule has 2 rings (SSSR count). The van der Waals surface area contributed by atoms with Crippen LogP contribution in [0.25, 0.3) is 0 Å². The van der Waals surface area contributed by atoms with Crippen LogP contribution in [-0.4, -0.2) is 30.2 Å². The average molecular weight is 314 g/mol. The molecule has 2 aromatic rings. The molecule has 1 aromatic heterocycles. The summed E-state index contributed by atoms with van der Waals surface area (Å²) in [5.74, 6) is 0.125. The molecule has 0 fully saturated rings. The molecule has 0 aliphatic carbocycles. The van der Waals surface area contributed by atoms with Crippen LogP contribution in [0, 0.1) is 5.82 Å². The molecule has 114 valence electrons. The van der Waals surface area contributed by atoms with Crippen LogP contribution in [0.15, 0.2) is 30.5 Å². The SMILES string of the molecule is CNCCOc1cccc(Nc2ncc(F)c(N)n2)c1.Cl. The third-order valence-corrected chi connectivity index (χ3v) is 2.48. The summed E-state index contributed by atoms with van der Waals surface area (Å²) in [6.45, 7) is 1.33. The van der Waals surface area contributed by atoms with E-state index in [4.69, 9.17) is 10.5 Å². The van der Waals surface area contributed by atoms with Gasteiger partial charge in [-0.1, -0.05) is 6.07 Å². The van der Waals surface area contributed by atoms with Gasteiger partial charge in [0.25, 0.3) is 0 Å². The second-order valence-corrected chi connectivity index (χ2v) is 4.03. The quantitative estimate of drug-likeness (QED) is 0.707. The van der Waals surface area contributed by atoms with E-state index in [9.17, 15) is 4.39 Å². The molecule has 0 unspecified atom stereocenters. The van der Waals surface area contributed by atoms with E-state index < -0.39 is 5.82 Å². The summed E-state index contributed by atoms with van der Waals surface area (Å²) in [7, 11) is 1.86. The number of halogens is 2. The minimum absolute atomic E-state index is 0.